The molecule has 0 unspecified atom stereocenters. The molecule has 84 valence electrons. The molecule has 0 aliphatic rings. The first-order valence-electron chi connectivity index (χ1n) is 4.79. The highest BCUT2D eigenvalue weighted by atomic mass is 16.5. The van der Waals surface area contributed by atoms with Crippen molar-refractivity contribution in [2.75, 3.05) is 13.7 Å². The first-order chi connectivity index (χ1) is 7.76. The van der Waals surface area contributed by atoms with Gasteiger partial charge in [0.05, 0.1) is 19.3 Å². The summed E-state index contributed by atoms with van der Waals surface area (Å²) >= 11 is 0. The van der Waals surface area contributed by atoms with E-state index in [0.717, 1.165) is 0 Å². The van der Waals surface area contributed by atoms with Crippen molar-refractivity contribution in [2.24, 2.45) is 0 Å². The number of methoxy groups -OCH3 is 1. The van der Waals surface area contributed by atoms with Crippen LogP contribution in [0.1, 0.15) is 16.2 Å². The molecule has 0 aliphatic carbocycles. The third kappa shape index (κ3) is 1.74. The second-order valence-corrected chi connectivity index (χ2v) is 3.23. The van der Waals surface area contributed by atoms with Gasteiger partial charge in [-0.25, -0.2) is 4.79 Å². The lowest BCUT2D eigenvalue weighted by Crippen LogP contribution is -2.03. The molecule has 2 heterocycles. The summed E-state index contributed by atoms with van der Waals surface area (Å²) < 4.78 is 6.33. The molecule has 2 rings (SSSR count). The minimum Gasteiger partial charge on any atom is -0.465 e. The molecular formula is C10H11N3O3. The fourth-order valence-corrected chi connectivity index (χ4v) is 1.46. The smallest absolute Gasteiger partial charge is 0.338 e. The van der Waals surface area contributed by atoms with Gasteiger partial charge in [0.25, 0.3) is 0 Å². The number of carbonyl (C=O) groups excluding carboxylic acids is 1. The van der Waals surface area contributed by atoms with Gasteiger partial charge < -0.3 is 9.84 Å². The quantitative estimate of drug-likeness (QED) is 0.741. The highest BCUT2D eigenvalue weighted by Gasteiger charge is 2.09. The summed E-state index contributed by atoms with van der Waals surface area (Å²) in [6.07, 6.45) is 2.12. The van der Waals surface area contributed by atoms with Crippen LogP contribution in [0.5, 0.6) is 0 Å². The number of aromatic nitrogens is 3. The Morgan fingerprint density at radius 3 is 3.06 bits per heavy atom. The highest BCUT2D eigenvalue weighted by Crippen LogP contribution is 2.08. The van der Waals surface area contributed by atoms with Gasteiger partial charge in [-0.05, 0) is 12.1 Å². The van der Waals surface area contributed by atoms with Crippen molar-refractivity contribution in [2.45, 2.75) is 6.42 Å². The van der Waals surface area contributed by atoms with Crippen LogP contribution < -0.4 is 0 Å². The molecule has 0 saturated heterocycles. The number of carbonyl (C=O) groups is 1. The largest absolute Gasteiger partial charge is 0.465 e. The number of nitrogens with zero attached hydrogens (tertiary/aromatic N) is 3. The Bertz CT molecular complexity index is 521. The van der Waals surface area contributed by atoms with E-state index in [1.807, 2.05) is 0 Å². The summed E-state index contributed by atoms with van der Waals surface area (Å²) in [7, 11) is 1.33. The minimum atomic E-state index is -0.408. The zero-order valence-corrected chi connectivity index (χ0v) is 8.75. The molecule has 0 aromatic carbocycles. The van der Waals surface area contributed by atoms with Gasteiger partial charge >= 0.3 is 5.97 Å². The Kier molecular flexibility index (Phi) is 2.82. The Balaban J connectivity index is 2.44. The van der Waals surface area contributed by atoms with Crippen molar-refractivity contribution in [1.29, 1.82) is 0 Å². The average molecular weight is 221 g/mol. The van der Waals surface area contributed by atoms with Gasteiger partial charge in [-0.3, -0.25) is 4.40 Å². The van der Waals surface area contributed by atoms with Gasteiger partial charge in [0.2, 0.25) is 0 Å². The summed E-state index contributed by atoms with van der Waals surface area (Å²) in [5, 5.41) is 16.6. The Morgan fingerprint density at radius 1 is 1.56 bits per heavy atom. The van der Waals surface area contributed by atoms with Crippen LogP contribution in [0.15, 0.2) is 18.3 Å². The molecule has 2 aromatic heterocycles. The normalized spacial score (nSPS) is 10.6. The van der Waals surface area contributed by atoms with E-state index in [-0.39, 0.29) is 6.61 Å². The maximum Gasteiger partial charge on any atom is 0.338 e. The number of aliphatic hydroxyl groups excluding tert-OH is 1. The van der Waals surface area contributed by atoms with E-state index in [1.54, 1.807) is 22.7 Å². The van der Waals surface area contributed by atoms with E-state index in [4.69, 9.17) is 5.11 Å². The highest BCUT2D eigenvalue weighted by molar-refractivity contribution is 5.90. The molecule has 0 amide bonds. The first-order valence-corrected chi connectivity index (χ1v) is 4.79. The predicted octanol–water partition coefficient (Wildman–Crippen LogP) is 0.0507. The molecule has 6 nitrogen and oxygen atoms in total. The molecule has 16 heavy (non-hydrogen) atoms. The van der Waals surface area contributed by atoms with E-state index in [1.165, 1.54) is 7.11 Å². The number of hydrogen-bond acceptors (Lipinski definition) is 5. The van der Waals surface area contributed by atoms with Crippen LogP contribution in [0.25, 0.3) is 5.65 Å². The van der Waals surface area contributed by atoms with Gasteiger partial charge in [-0.1, -0.05) is 0 Å². The molecular weight excluding hydrogens is 210 g/mol. The Morgan fingerprint density at radius 2 is 2.38 bits per heavy atom. The van der Waals surface area contributed by atoms with Gasteiger partial charge in [0, 0.05) is 12.6 Å². The van der Waals surface area contributed by atoms with Crippen molar-refractivity contribution in [1.82, 2.24) is 14.6 Å². The summed E-state index contributed by atoms with van der Waals surface area (Å²) in [5.74, 6) is 0.253. The van der Waals surface area contributed by atoms with E-state index in [2.05, 4.69) is 14.9 Å². The lowest BCUT2D eigenvalue weighted by Gasteiger charge is -2.00. The standard InChI is InChI=1S/C10H11N3O3/c1-16-10(15)7-2-4-13-8(3-5-14)11-12-9(13)6-7/h2,4,6,14H,3,5H2,1H3. The molecule has 0 fully saturated rings. The SMILES string of the molecule is COC(=O)c1ccn2c(CCO)nnc2c1. The molecule has 1 N–H and O–H groups in total. The van der Waals surface area contributed by atoms with Gasteiger partial charge in [-0.15, -0.1) is 10.2 Å². The summed E-state index contributed by atoms with van der Waals surface area (Å²) in [6, 6.07) is 3.22. The van der Waals surface area contributed by atoms with Gasteiger partial charge in [0.1, 0.15) is 5.82 Å². The number of esters is 1. The molecule has 6 heteroatoms. The summed E-state index contributed by atoms with van der Waals surface area (Å²) in [6.45, 7) is 0.0134. The van der Waals surface area contributed by atoms with Crippen molar-refractivity contribution in [3.63, 3.8) is 0 Å². The number of hydrogen-bond donors (Lipinski definition) is 1. The number of fused-ring (bicyclic) bond motifs is 1. The van der Waals surface area contributed by atoms with E-state index < -0.39 is 5.97 Å². The summed E-state index contributed by atoms with van der Waals surface area (Å²) in [5.41, 5.74) is 0.990. The predicted molar refractivity (Wildman–Crippen MR) is 55.1 cm³/mol. The van der Waals surface area contributed by atoms with E-state index in [9.17, 15) is 4.79 Å². The topological polar surface area (TPSA) is 76.7 Å². The van der Waals surface area contributed by atoms with Crippen LogP contribution in [-0.2, 0) is 11.2 Å². The molecule has 0 radical (unpaired) electrons. The third-order valence-corrected chi connectivity index (χ3v) is 2.24. The lowest BCUT2D eigenvalue weighted by molar-refractivity contribution is 0.0600. The van der Waals surface area contributed by atoms with E-state index >= 15 is 0 Å². The lowest BCUT2D eigenvalue weighted by atomic mass is 10.2. The third-order valence-electron chi connectivity index (χ3n) is 2.24. The Hall–Kier alpha value is -1.95. The van der Waals surface area contributed by atoms with Crippen LogP contribution in [-0.4, -0.2) is 39.4 Å². The molecule has 2 aromatic rings. The van der Waals surface area contributed by atoms with Gasteiger partial charge in [0.15, 0.2) is 5.65 Å². The maximum atomic E-state index is 11.3. The van der Waals surface area contributed by atoms with Crippen LogP contribution in [0.4, 0.5) is 0 Å². The van der Waals surface area contributed by atoms with Crippen LogP contribution in [0.3, 0.4) is 0 Å². The zero-order chi connectivity index (χ0) is 11.5. The number of aliphatic hydroxyl groups is 1. The van der Waals surface area contributed by atoms with E-state index in [0.29, 0.717) is 23.5 Å². The number of ether oxygens (including phenoxy) is 1. The van der Waals surface area contributed by atoms with Crippen LogP contribution in [0.2, 0.25) is 0 Å². The van der Waals surface area contributed by atoms with Crippen molar-refractivity contribution < 1.29 is 14.6 Å². The fourth-order valence-electron chi connectivity index (χ4n) is 1.46. The summed E-state index contributed by atoms with van der Waals surface area (Å²) in [4.78, 5) is 11.3. The molecule has 0 atom stereocenters. The maximum absolute atomic E-state index is 11.3. The monoisotopic (exact) mass is 221 g/mol. The van der Waals surface area contributed by atoms with Crippen molar-refractivity contribution in [3.05, 3.63) is 29.7 Å². The second-order valence-electron chi connectivity index (χ2n) is 3.23. The molecule has 0 bridgehead atoms. The molecule has 0 spiro atoms. The van der Waals surface area contributed by atoms with Crippen molar-refractivity contribution in [3.8, 4) is 0 Å². The van der Waals surface area contributed by atoms with Crippen LogP contribution in [0, 0.1) is 0 Å². The molecule has 0 saturated carbocycles. The number of rotatable bonds is 3. The number of pyridine rings is 1. The van der Waals surface area contributed by atoms with Crippen LogP contribution >= 0.6 is 0 Å². The zero-order valence-electron chi connectivity index (χ0n) is 8.75. The second kappa shape index (κ2) is 4.28. The van der Waals surface area contributed by atoms with Crippen molar-refractivity contribution >= 4 is 11.6 Å². The average Bonchev–Trinajstić information content (AvgIpc) is 2.71. The Labute approximate surface area is 91.5 Å². The first kappa shape index (κ1) is 10.6. The minimum absolute atomic E-state index is 0.0134. The molecule has 0 aliphatic heterocycles. The van der Waals surface area contributed by atoms with Gasteiger partial charge in [-0.2, -0.15) is 0 Å². The fraction of sp³-hybridized carbons (Fsp3) is 0.300.